The first kappa shape index (κ1) is 10.2. The topological polar surface area (TPSA) is 46.5 Å². The molecule has 1 N–H and O–H groups in total. The van der Waals surface area contributed by atoms with Crippen LogP contribution < -0.4 is 0 Å². The van der Waals surface area contributed by atoms with Crippen LogP contribution in [0.3, 0.4) is 0 Å². The molecule has 0 aliphatic heterocycles. The molecule has 0 saturated heterocycles. The summed E-state index contributed by atoms with van der Waals surface area (Å²) in [6.07, 6.45) is 4.02. The summed E-state index contributed by atoms with van der Waals surface area (Å²) in [5.41, 5.74) is 0. The molecule has 4 heteroatoms. The number of rotatable bonds is 3. The molecule has 0 unspecified atom stereocenters. The zero-order valence-corrected chi connectivity index (χ0v) is 8.99. The molecule has 1 saturated carbocycles. The normalized spacial score (nSPS) is 30.1. The van der Waals surface area contributed by atoms with Crippen LogP contribution in [0.1, 0.15) is 25.7 Å². The maximum absolute atomic E-state index is 10.8. The molecule has 70 valence electrons. The van der Waals surface area contributed by atoms with Crippen LogP contribution in [0, 0.1) is 11.8 Å². The van der Waals surface area contributed by atoms with E-state index in [2.05, 4.69) is 0 Å². The zero-order valence-electron chi connectivity index (χ0n) is 6.83. The molecule has 0 aromatic heterocycles. The molecule has 3 nitrogen and oxygen atoms in total. The van der Waals surface area contributed by atoms with Crippen LogP contribution in [0.25, 0.3) is 0 Å². The van der Waals surface area contributed by atoms with Gasteiger partial charge >= 0.3 is 5.97 Å². The van der Waals surface area contributed by atoms with Crippen LogP contribution in [0.15, 0.2) is 0 Å². The number of carbonyl (C=O) groups is 1. The summed E-state index contributed by atoms with van der Waals surface area (Å²) in [4.78, 5) is 10.8. The van der Waals surface area contributed by atoms with Crippen LogP contribution in [0.2, 0.25) is 0 Å². The van der Waals surface area contributed by atoms with E-state index in [0.29, 0.717) is 6.61 Å². The second kappa shape index (κ2) is 5.01. The van der Waals surface area contributed by atoms with E-state index in [9.17, 15) is 4.79 Å². The first-order valence-corrected chi connectivity index (χ1v) is 5.10. The molecule has 0 bridgehead atoms. The average Bonchev–Trinajstić information content (AvgIpc) is 2.05. The van der Waals surface area contributed by atoms with Gasteiger partial charge in [0.05, 0.1) is 12.5 Å². The van der Waals surface area contributed by atoms with Crippen LogP contribution in [-0.4, -0.2) is 17.7 Å². The van der Waals surface area contributed by atoms with E-state index in [1.165, 1.54) is 0 Å². The van der Waals surface area contributed by atoms with Gasteiger partial charge in [0.25, 0.3) is 0 Å². The Kier molecular flexibility index (Phi) is 4.28. The van der Waals surface area contributed by atoms with Crippen molar-refractivity contribution >= 4 is 29.0 Å². The SMILES string of the molecule is O=C(O)[C@@H]1CCCC[C@H]1COI. The Morgan fingerprint density at radius 2 is 2.17 bits per heavy atom. The Balaban J connectivity index is 2.48. The minimum Gasteiger partial charge on any atom is -0.481 e. The number of carboxylic acid groups (broad SMARTS) is 1. The molecular weight excluding hydrogens is 271 g/mol. The lowest BCUT2D eigenvalue weighted by Gasteiger charge is -2.27. The van der Waals surface area contributed by atoms with E-state index in [-0.39, 0.29) is 11.8 Å². The van der Waals surface area contributed by atoms with Gasteiger partial charge in [-0.05, 0) is 18.8 Å². The third kappa shape index (κ3) is 2.58. The number of hydrogen-bond donors (Lipinski definition) is 1. The Morgan fingerprint density at radius 3 is 2.75 bits per heavy atom. The minimum atomic E-state index is -0.659. The van der Waals surface area contributed by atoms with E-state index in [1.54, 1.807) is 0 Å². The van der Waals surface area contributed by atoms with Gasteiger partial charge in [0, 0.05) is 0 Å². The smallest absolute Gasteiger partial charge is 0.306 e. The Bertz CT molecular complexity index is 158. The van der Waals surface area contributed by atoms with Crippen molar-refractivity contribution in [1.29, 1.82) is 0 Å². The molecule has 0 radical (unpaired) electrons. The van der Waals surface area contributed by atoms with E-state index < -0.39 is 5.97 Å². The van der Waals surface area contributed by atoms with Gasteiger partial charge in [-0.15, -0.1) is 0 Å². The van der Waals surface area contributed by atoms with Crippen LogP contribution in [0.5, 0.6) is 0 Å². The maximum atomic E-state index is 10.8. The van der Waals surface area contributed by atoms with Gasteiger partial charge in [-0.3, -0.25) is 4.79 Å². The van der Waals surface area contributed by atoms with E-state index in [0.717, 1.165) is 25.7 Å². The Labute approximate surface area is 86.2 Å². The van der Waals surface area contributed by atoms with Crippen molar-refractivity contribution in [3.8, 4) is 0 Å². The predicted octanol–water partition coefficient (Wildman–Crippen LogP) is 2.24. The molecular formula is C8H13IO3. The second-order valence-electron chi connectivity index (χ2n) is 3.27. The van der Waals surface area contributed by atoms with Crippen molar-refractivity contribution in [2.75, 3.05) is 6.61 Å². The van der Waals surface area contributed by atoms with Crippen LogP contribution in [0.4, 0.5) is 0 Å². The number of aliphatic carboxylic acids is 1. The molecule has 0 aromatic carbocycles. The van der Waals surface area contributed by atoms with Crippen molar-refractivity contribution in [3.63, 3.8) is 0 Å². The summed E-state index contributed by atoms with van der Waals surface area (Å²) in [5, 5.41) is 8.88. The molecule has 1 aliphatic rings. The number of halogens is 1. The highest BCUT2D eigenvalue weighted by Gasteiger charge is 2.30. The third-order valence-electron chi connectivity index (χ3n) is 2.50. The third-order valence-corrected chi connectivity index (χ3v) is 2.86. The fourth-order valence-corrected chi connectivity index (χ4v) is 2.28. The van der Waals surface area contributed by atoms with Crippen molar-refractivity contribution in [3.05, 3.63) is 0 Å². The zero-order chi connectivity index (χ0) is 8.97. The highest BCUT2D eigenvalue weighted by atomic mass is 127. The van der Waals surface area contributed by atoms with Crippen molar-refractivity contribution in [2.24, 2.45) is 11.8 Å². The molecule has 12 heavy (non-hydrogen) atoms. The van der Waals surface area contributed by atoms with E-state index >= 15 is 0 Å². The monoisotopic (exact) mass is 284 g/mol. The molecule has 1 aliphatic carbocycles. The summed E-state index contributed by atoms with van der Waals surface area (Å²) >= 11 is 1.83. The highest BCUT2D eigenvalue weighted by Crippen LogP contribution is 2.30. The minimum absolute atomic E-state index is 0.173. The molecule has 0 spiro atoms. The Morgan fingerprint density at radius 1 is 1.50 bits per heavy atom. The lowest BCUT2D eigenvalue weighted by Crippen LogP contribution is -2.29. The van der Waals surface area contributed by atoms with Crippen molar-refractivity contribution < 1.29 is 13.0 Å². The standard InChI is InChI=1S/C8H13IO3/c9-12-5-6-3-1-2-4-7(6)8(10)11/h6-7H,1-5H2,(H,10,11)/t6-,7+/m0/s1. The largest absolute Gasteiger partial charge is 0.481 e. The number of carboxylic acids is 1. The quantitative estimate of drug-likeness (QED) is 0.808. The van der Waals surface area contributed by atoms with Gasteiger partial charge in [-0.1, -0.05) is 12.8 Å². The van der Waals surface area contributed by atoms with Gasteiger partial charge in [0.1, 0.15) is 23.0 Å². The first-order valence-electron chi connectivity index (χ1n) is 4.22. The van der Waals surface area contributed by atoms with Gasteiger partial charge in [0.15, 0.2) is 0 Å². The average molecular weight is 284 g/mol. The molecule has 2 atom stereocenters. The first-order chi connectivity index (χ1) is 5.75. The lowest BCUT2D eigenvalue weighted by atomic mass is 9.80. The highest BCUT2D eigenvalue weighted by molar-refractivity contribution is 14.1. The fourth-order valence-electron chi connectivity index (χ4n) is 1.81. The molecule has 0 heterocycles. The number of hydrogen-bond acceptors (Lipinski definition) is 2. The summed E-state index contributed by atoms with van der Waals surface area (Å²) in [5.74, 6) is -0.602. The Hall–Kier alpha value is 0.160. The predicted molar refractivity (Wildman–Crippen MR) is 53.1 cm³/mol. The van der Waals surface area contributed by atoms with E-state index in [1.807, 2.05) is 23.0 Å². The lowest BCUT2D eigenvalue weighted by molar-refractivity contribution is -0.145. The van der Waals surface area contributed by atoms with Gasteiger partial charge in [-0.25, -0.2) is 0 Å². The fraction of sp³-hybridized carbons (Fsp3) is 0.875. The second-order valence-corrected chi connectivity index (χ2v) is 3.89. The van der Waals surface area contributed by atoms with Gasteiger partial charge in [-0.2, -0.15) is 0 Å². The molecule has 1 rings (SSSR count). The van der Waals surface area contributed by atoms with E-state index in [4.69, 9.17) is 8.17 Å². The van der Waals surface area contributed by atoms with Gasteiger partial charge < -0.3 is 8.17 Å². The van der Waals surface area contributed by atoms with Gasteiger partial charge in [0.2, 0.25) is 0 Å². The molecule has 0 amide bonds. The summed E-state index contributed by atoms with van der Waals surface area (Å²) in [6, 6.07) is 0. The van der Waals surface area contributed by atoms with Crippen LogP contribution in [-0.2, 0) is 7.86 Å². The molecule has 1 fully saturated rings. The van der Waals surface area contributed by atoms with Crippen molar-refractivity contribution in [1.82, 2.24) is 0 Å². The summed E-state index contributed by atoms with van der Waals surface area (Å²) < 4.78 is 4.97. The molecule has 0 aromatic rings. The van der Waals surface area contributed by atoms with Crippen molar-refractivity contribution in [2.45, 2.75) is 25.7 Å². The summed E-state index contributed by atoms with van der Waals surface area (Å²) in [6.45, 7) is 0.581. The maximum Gasteiger partial charge on any atom is 0.306 e. The summed E-state index contributed by atoms with van der Waals surface area (Å²) in [7, 11) is 0. The van der Waals surface area contributed by atoms with Crippen LogP contribution >= 0.6 is 23.0 Å².